The highest BCUT2D eigenvalue weighted by molar-refractivity contribution is 7.71. The molecule has 1 aliphatic heterocycles. The molecule has 0 radical (unpaired) electrons. The maximum atomic E-state index is 5.80. The molecule has 0 N–H and O–H groups in total. The molecule has 4 rings (SSSR count). The van der Waals surface area contributed by atoms with Crippen LogP contribution in [-0.4, -0.2) is 32.9 Å². The summed E-state index contributed by atoms with van der Waals surface area (Å²) in [6.45, 7) is 6.21. The van der Waals surface area contributed by atoms with Crippen LogP contribution in [0, 0.1) is 4.77 Å². The van der Waals surface area contributed by atoms with E-state index in [1.54, 1.807) is 7.11 Å². The molecule has 1 fully saturated rings. The molecule has 0 bridgehead atoms. The topological polar surface area (TPSA) is 35.2 Å². The minimum Gasteiger partial charge on any atom is -0.496 e. The average Bonchev–Trinajstić information content (AvgIpc) is 3.35. The second-order valence-electron chi connectivity index (χ2n) is 7.23. The van der Waals surface area contributed by atoms with Crippen molar-refractivity contribution in [1.29, 1.82) is 0 Å². The van der Waals surface area contributed by atoms with E-state index >= 15 is 0 Å². The highest BCUT2D eigenvalue weighted by atomic mass is 32.1. The van der Waals surface area contributed by atoms with Crippen molar-refractivity contribution in [2.45, 2.75) is 32.1 Å². The Bertz CT molecular complexity index is 1040. The lowest BCUT2D eigenvalue weighted by Gasteiger charge is -2.24. The van der Waals surface area contributed by atoms with Gasteiger partial charge >= 0.3 is 0 Å². The zero-order valence-electron chi connectivity index (χ0n) is 16.7. The zero-order chi connectivity index (χ0) is 20.2. The van der Waals surface area contributed by atoms with Crippen LogP contribution >= 0.6 is 12.2 Å². The summed E-state index contributed by atoms with van der Waals surface area (Å²) < 4.78 is 10.2. The fourth-order valence-electron chi connectivity index (χ4n) is 4.08. The van der Waals surface area contributed by atoms with E-state index in [1.165, 1.54) is 12.0 Å². The van der Waals surface area contributed by atoms with Crippen LogP contribution in [0.1, 0.15) is 24.4 Å². The molecule has 5 nitrogen and oxygen atoms in total. The highest BCUT2D eigenvalue weighted by Gasteiger charge is 2.27. The van der Waals surface area contributed by atoms with Crippen molar-refractivity contribution in [3.8, 4) is 17.1 Å². The first-order chi connectivity index (χ1) is 14.2. The van der Waals surface area contributed by atoms with Crippen LogP contribution < -0.4 is 4.74 Å². The van der Waals surface area contributed by atoms with Crippen molar-refractivity contribution in [1.82, 2.24) is 19.2 Å². The monoisotopic (exact) mass is 406 g/mol. The normalized spacial score (nSPS) is 16.8. The number of nitrogens with zero attached hydrogens (tertiary/aromatic N) is 4. The summed E-state index contributed by atoms with van der Waals surface area (Å²) in [6, 6.07) is 19.0. The Hall–Kier alpha value is -2.70. The first kappa shape index (κ1) is 19.6. The van der Waals surface area contributed by atoms with Crippen molar-refractivity contribution in [3.63, 3.8) is 0 Å². The molecule has 1 aliphatic rings. The summed E-state index contributed by atoms with van der Waals surface area (Å²) in [5.74, 6) is 1.59. The van der Waals surface area contributed by atoms with Crippen LogP contribution in [0.2, 0.25) is 0 Å². The maximum absolute atomic E-state index is 5.80. The fourth-order valence-corrected chi connectivity index (χ4v) is 4.34. The van der Waals surface area contributed by atoms with Crippen molar-refractivity contribution in [2.24, 2.45) is 0 Å². The van der Waals surface area contributed by atoms with Gasteiger partial charge in [-0.05, 0) is 42.8 Å². The Morgan fingerprint density at radius 2 is 1.93 bits per heavy atom. The van der Waals surface area contributed by atoms with Gasteiger partial charge in [0.05, 0.1) is 19.3 Å². The number of methoxy groups -OCH3 is 1. The van der Waals surface area contributed by atoms with Crippen molar-refractivity contribution >= 4 is 12.2 Å². The molecule has 2 aromatic carbocycles. The van der Waals surface area contributed by atoms with E-state index < -0.39 is 0 Å². The Labute approximate surface area is 176 Å². The molecule has 3 aromatic rings. The van der Waals surface area contributed by atoms with Gasteiger partial charge in [0.25, 0.3) is 0 Å². The largest absolute Gasteiger partial charge is 0.496 e. The van der Waals surface area contributed by atoms with E-state index in [2.05, 4.69) is 41.8 Å². The third-order valence-electron chi connectivity index (χ3n) is 5.45. The Morgan fingerprint density at radius 1 is 1.17 bits per heavy atom. The van der Waals surface area contributed by atoms with Gasteiger partial charge in [-0.25, -0.2) is 4.68 Å². The van der Waals surface area contributed by atoms with Gasteiger partial charge in [0.2, 0.25) is 0 Å². The van der Waals surface area contributed by atoms with Crippen molar-refractivity contribution in [3.05, 3.63) is 77.6 Å². The molecule has 0 amide bonds. The summed E-state index contributed by atoms with van der Waals surface area (Å²) in [5, 5.41) is 4.90. The average molecular weight is 407 g/mol. The molecule has 0 saturated carbocycles. The predicted octanol–water partition coefficient (Wildman–Crippen LogP) is 5.07. The van der Waals surface area contributed by atoms with E-state index in [9.17, 15) is 0 Å². The molecule has 1 unspecified atom stereocenters. The van der Waals surface area contributed by atoms with Gasteiger partial charge in [-0.15, -0.1) is 6.58 Å². The zero-order valence-corrected chi connectivity index (χ0v) is 17.5. The quantitative estimate of drug-likeness (QED) is 0.405. The third kappa shape index (κ3) is 3.91. The first-order valence-electron chi connectivity index (χ1n) is 9.94. The third-order valence-corrected chi connectivity index (χ3v) is 5.88. The van der Waals surface area contributed by atoms with Gasteiger partial charge in [-0.2, -0.15) is 5.10 Å². The Balaban J connectivity index is 1.70. The molecule has 150 valence electrons. The summed E-state index contributed by atoms with van der Waals surface area (Å²) in [5.41, 5.74) is 2.29. The molecular weight excluding hydrogens is 380 g/mol. The molecule has 29 heavy (non-hydrogen) atoms. The van der Waals surface area contributed by atoms with Crippen molar-refractivity contribution < 1.29 is 4.74 Å². The minimum absolute atomic E-state index is 0.400. The Morgan fingerprint density at radius 3 is 2.69 bits per heavy atom. The van der Waals surface area contributed by atoms with Gasteiger partial charge in [-0.3, -0.25) is 9.47 Å². The first-order valence-corrected chi connectivity index (χ1v) is 10.3. The van der Waals surface area contributed by atoms with Gasteiger partial charge in [0.1, 0.15) is 5.75 Å². The number of benzene rings is 2. The summed E-state index contributed by atoms with van der Waals surface area (Å²) in [6.07, 6.45) is 4.19. The maximum Gasteiger partial charge on any atom is 0.199 e. The van der Waals surface area contributed by atoms with E-state index in [0.29, 0.717) is 24.0 Å². The van der Waals surface area contributed by atoms with E-state index in [0.717, 1.165) is 30.1 Å². The minimum atomic E-state index is 0.400. The number of hydrogen-bond donors (Lipinski definition) is 0. The number of rotatable bonds is 7. The summed E-state index contributed by atoms with van der Waals surface area (Å²) >= 11 is 5.80. The number of aromatic nitrogens is 3. The van der Waals surface area contributed by atoms with Crippen LogP contribution in [0.25, 0.3) is 11.4 Å². The highest BCUT2D eigenvalue weighted by Crippen LogP contribution is 2.33. The van der Waals surface area contributed by atoms with E-state index in [4.69, 9.17) is 22.1 Å². The molecule has 1 saturated heterocycles. The second kappa shape index (κ2) is 8.76. The Kier molecular flexibility index (Phi) is 5.92. The second-order valence-corrected chi connectivity index (χ2v) is 7.59. The number of allylic oxidation sites excluding steroid dienone is 1. The molecule has 2 heterocycles. The van der Waals surface area contributed by atoms with Crippen LogP contribution in [0.4, 0.5) is 0 Å². The smallest absolute Gasteiger partial charge is 0.199 e. The number of para-hydroxylation sites is 1. The lowest BCUT2D eigenvalue weighted by Crippen LogP contribution is -2.27. The lowest BCUT2D eigenvalue weighted by molar-refractivity contribution is 0.190. The molecule has 0 aliphatic carbocycles. The van der Waals surface area contributed by atoms with Crippen LogP contribution in [0.5, 0.6) is 5.75 Å². The fraction of sp³-hybridized carbons (Fsp3) is 0.304. The SMILES string of the molecule is C=CCn1c(-c2ccccc2OC)nn(CN2CCCC2c2ccccc2)c1=S. The molecule has 6 heteroatoms. The molecular formula is C23H26N4OS. The van der Waals surface area contributed by atoms with Crippen LogP contribution in [-0.2, 0) is 13.2 Å². The van der Waals surface area contributed by atoms with E-state index in [-0.39, 0.29) is 0 Å². The van der Waals surface area contributed by atoms with E-state index in [1.807, 2.05) is 39.6 Å². The summed E-state index contributed by atoms with van der Waals surface area (Å²) in [7, 11) is 1.68. The van der Waals surface area contributed by atoms with Gasteiger partial charge in [0, 0.05) is 19.1 Å². The van der Waals surface area contributed by atoms with Gasteiger partial charge in [0.15, 0.2) is 10.6 Å². The molecule has 1 aromatic heterocycles. The lowest BCUT2D eigenvalue weighted by atomic mass is 10.1. The molecule has 1 atom stereocenters. The molecule has 0 spiro atoms. The van der Waals surface area contributed by atoms with Crippen LogP contribution in [0.3, 0.4) is 0 Å². The number of hydrogen-bond acceptors (Lipinski definition) is 4. The standard InChI is InChI=1S/C23H26N4OS/c1-3-15-26-22(19-12-7-8-14-21(19)28-2)24-27(23(26)29)17-25-16-9-13-20(25)18-10-5-4-6-11-18/h3-8,10-12,14,20H,1,9,13,15-17H2,2H3. The number of ether oxygens (including phenoxy) is 1. The van der Waals surface area contributed by atoms with Gasteiger partial charge < -0.3 is 4.74 Å². The van der Waals surface area contributed by atoms with Crippen LogP contribution in [0.15, 0.2) is 67.3 Å². The number of likely N-dealkylation sites (tertiary alicyclic amines) is 1. The van der Waals surface area contributed by atoms with Crippen molar-refractivity contribution in [2.75, 3.05) is 13.7 Å². The van der Waals surface area contributed by atoms with Gasteiger partial charge in [-0.1, -0.05) is 48.5 Å². The predicted molar refractivity (Wildman–Crippen MR) is 118 cm³/mol. The summed E-state index contributed by atoms with van der Waals surface area (Å²) in [4.78, 5) is 2.46.